The first-order valence-corrected chi connectivity index (χ1v) is 11.3. The van der Waals surface area contributed by atoms with Crippen molar-refractivity contribution in [1.29, 1.82) is 0 Å². The number of hydrogen-bond acceptors (Lipinski definition) is 4. The SMILES string of the molecule is O=C(Nc1cccc(CN2CCCCC2)c1)C1CCCN(c2ncccc2C(F)(F)F)C1. The first-order chi connectivity index (χ1) is 15.4. The van der Waals surface area contributed by atoms with Crippen molar-refractivity contribution in [2.24, 2.45) is 5.92 Å². The third kappa shape index (κ3) is 5.59. The van der Waals surface area contributed by atoms with Gasteiger partial charge in [-0.25, -0.2) is 4.98 Å². The summed E-state index contributed by atoms with van der Waals surface area (Å²) < 4.78 is 40.2. The van der Waals surface area contributed by atoms with Gasteiger partial charge in [0, 0.05) is 31.5 Å². The molecule has 1 aromatic heterocycles. The second-order valence-corrected chi connectivity index (χ2v) is 8.68. The number of hydrogen-bond donors (Lipinski definition) is 1. The molecular weight excluding hydrogens is 417 g/mol. The lowest BCUT2D eigenvalue weighted by Gasteiger charge is -2.34. The smallest absolute Gasteiger partial charge is 0.355 e. The number of benzene rings is 1. The monoisotopic (exact) mass is 446 g/mol. The highest BCUT2D eigenvalue weighted by Gasteiger charge is 2.37. The average molecular weight is 447 g/mol. The van der Waals surface area contributed by atoms with Crippen LogP contribution in [0, 0.1) is 5.92 Å². The van der Waals surface area contributed by atoms with Crippen LogP contribution in [-0.2, 0) is 17.5 Å². The highest BCUT2D eigenvalue weighted by Crippen LogP contribution is 2.36. The second-order valence-electron chi connectivity index (χ2n) is 8.68. The molecule has 0 bridgehead atoms. The van der Waals surface area contributed by atoms with Crippen LogP contribution in [0.3, 0.4) is 0 Å². The molecule has 3 heterocycles. The van der Waals surface area contributed by atoms with Crippen LogP contribution in [0.15, 0.2) is 42.6 Å². The van der Waals surface area contributed by atoms with Gasteiger partial charge in [-0.05, 0) is 68.6 Å². The number of halogens is 3. The van der Waals surface area contributed by atoms with Crippen molar-refractivity contribution >= 4 is 17.4 Å². The fourth-order valence-electron chi connectivity index (χ4n) is 4.62. The van der Waals surface area contributed by atoms with E-state index in [1.807, 2.05) is 18.2 Å². The van der Waals surface area contributed by atoms with E-state index >= 15 is 0 Å². The van der Waals surface area contributed by atoms with E-state index in [9.17, 15) is 18.0 Å². The minimum absolute atomic E-state index is 0.0963. The maximum atomic E-state index is 13.4. The molecule has 4 rings (SSSR count). The van der Waals surface area contributed by atoms with Gasteiger partial charge in [-0.3, -0.25) is 9.69 Å². The minimum Gasteiger partial charge on any atom is -0.355 e. The summed E-state index contributed by atoms with van der Waals surface area (Å²) in [6.45, 7) is 3.74. The van der Waals surface area contributed by atoms with Gasteiger partial charge in [-0.1, -0.05) is 18.6 Å². The molecule has 2 aliphatic heterocycles. The molecule has 32 heavy (non-hydrogen) atoms. The zero-order chi connectivity index (χ0) is 22.6. The molecule has 5 nitrogen and oxygen atoms in total. The van der Waals surface area contributed by atoms with E-state index in [1.54, 1.807) is 4.90 Å². The number of likely N-dealkylation sites (tertiary alicyclic amines) is 1. The number of rotatable bonds is 5. The molecule has 1 N–H and O–H groups in total. The third-order valence-electron chi connectivity index (χ3n) is 6.23. The lowest BCUT2D eigenvalue weighted by molar-refractivity contribution is -0.137. The molecule has 8 heteroatoms. The number of carbonyl (C=O) groups excluding carboxylic acids is 1. The summed E-state index contributed by atoms with van der Waals surface area (Å²) in [5.41, 5.74) is 1.13. The number of alkyl halides is 3. The predicted molar refractivity (Wildman–Crippen MR) is 118 cm³/mol. The Labute approximate surface area is 186 Å². The van der Waals surface area contributed by atoms with Crippen LogP contribution < -0.4 is 10.2 Å². The number of carbonyl (C=O) groups is 1. The molecular formula is C24H29F3N4O. The van der Waals surface area contributed by atoms with Crippen molar-refractivity contribution in [1.82, 2.24) is 9.88 Å². The Kier molecular flexibility index (Phi) is 6.98. The van der Waals surface area contributed by atoms with Crippen molar-refractivity contribution in [3.8, 4) is 0 Å². The average Bonchev–Trinajstić information content (AvgIpc) is 2.79. The van der Waals surface area contributed by atoms with Gasteiger partial charge in [0.25, 0.3) is 0 Å². The number of nitrogens with one attached hydrogen (secondary N) is 1. The number of aromatic nitrogens is 1. The molecule has 0 spiro atoms. The first kappa shape index (κ1) is 22.6. The topological polar surface area (TPSA) is 48.5 Å². The van der Waals surface area contributed by atoms with E-state index < -0.39 is 17.7 Å². The highest BCUT2D eigenvalue weighted by atomic mass is 19.4. The van der Waals surface area contributed by atoms with Gasteiger partial charge in [0.15, 0.2) is 0 Å². The second kappa shape index (κ2) is 9.90. The van der Waals surface area contributed by atoms with Crippen molar-refractivity contribution in [2.45, 2.75) is 44.8 Å². The summed E-state index contributed by atoms with van der Waals surface area (Å²) in [5, 5.41) is 2.98. The lowest BCUT2D eigenvalue weighted by atomic mass is 9.96. The van der Waals surface area contributed by atoms with Crippen LogP contribution in [0.2, 0.25) is 0 Å². The van der Waals surface area contributed by atoms with Crippen LogP contribution in [-0.4, -0.2) is 42.0 Å². The fourth-order valence-corrected chi connectivity index (χ4v) is 4.62. The summed E-state index contributed by atoms with van der Waals surface area (Å²) in [6, 6.07) is 10.2. The summed E-state index contributed by atoms with van der Waals surface area (Å²) in [5.74, 6) is -0.645. The Morgan fingerprint density at radius 2 is 1.88 bits per heavy atom. The van der Waals surface area contributed by atoms with Crippen LogP contribution in [0.5, 0.6) is 0 Å². The third-order valence-corrected chi connectivity index (χ3v) is 6.23. The molecule has 0 saturated carbocycles. The van der Waals surface area contributed by atoms with E-state index in [0.29, 0.717) is 19.4 Å². The molecule has 0 radical (unpaired) electrons. The summed E-state index contributed by atoms with van der Waals surface area (Å²) in [4.78, 5) is 20.9. The maximum absolute atomic E-state index is 13.4. The molecule has 2 saturated heterocycles. The molecule has 172 valence electrons. The maximum Gasteiger partial charge on any atom is 0.419 e. The Balaban J connectivity index is 1.41. The number of amides is 1. The van der Waals surface area contributed by atoms with E-state index in [1.165, 1.54) is 31.5 Å². The van der Waals surface area contributed by atoms with Gasteiger partial charge in [0.1, 0.15) is 5.82 Å². The zero-order valence-electron chi connectivity index (χ0n) is 18.1. The van der Waals surface area contributed by atoms with Gasteiger partial charge < -0.3 is 10.2 Å². The van der Waals surface area contributed by atoms with Crippen LogP contribution in [0.4, 0.5) is 24.7 Å². The number of piperidine rings is 2. The molecule has 1 amide bonds. The standard InChI is InChI=1S/C24H29F3N4O/c25-24(26,27)21-10-5-11-28-22(21)31-14-6-8-19(17-31)23(32)29-20-9-4-7-18(15-20)16-30-12-2-1-3-13-30/h4-5,7,9-11,15,19H,1-3,6,8,12-14,16-17H2,(H,29,32). The van der Waals surface area contributed by atoms with Crippen molar-refractivity contribution in [3.63, 3.8) is 0 Å². The molecule has 1 atom stereocenters. The summed E-state index contributed by atoms with van der Waals surface area (Å²) >= 11 is 0. The van der Waals surface area contributed by atoms with Crippen LogP contribution in [0.25, 0.3) is 0 Å². The van der Waals surface area contributed by atoms with Crippen molar-refractivity contribution < 1.29 is 18.0 Å². The van der Waals surface area contributed by atoms with Crippen molar-refractivity contribution in [2.75, 3.05) is 36.4 Å². The number of pyridine rings is 1. The van der Waals surface area contributed by atoms with Crippen molar-refractivity contribution in [3.05, 3.63) is 53.7 Å². The molecule has 2 fully saturated rings. The first-order valence-electron chi connectivity index (χ1n) is 11.3. The Morgan fingerprint density at radius 3 is 2.66 bits per heavy atom. The zero-order valence-corrected chi connectivity index (χ0v) is 18.1. The Morgan fingerprint density at radius 1 is 1.06 bits per heavy atom. The largest absolute Gasteiger partial charge is 0.419 e. The van der Waals surface area contributed by atoms with Gasteiger partial charge in [0.05, 0.1) is 11.5 Å². The van der Waals surface area contributed by atoms with E-state index in [0.717, 1.165) is 37.0 Å². The van der Waals surface area contributed by atoms with Crippen LogP contribution in [0.1, 0.15) is 43.2 Å². The summed E-state index contributed by atoms with van der Waals surface area (Å²) in [6.07, 6.45) is 1.90. The van der Waals surface area contributed by atoms with Gasteiger partial charge in [0.2, 0.25) is 5.91 Å². The Hall–Kier alpha value is -2.61. The predicted octanol–water partition coefficient (Wildman–Crippen LogP) is 4.94. The molecule has 0 aliphatic carbocycles. The number of nitrogens with zero attached hydrogens (tertiary/aromatic N) is 3. The normalized spacial score (nSPS) is 20.2. The molecule has 1 aromatic carbocycles. The fraction of sp³-hybridized carbons (Fsp3) is 0.500. The van der Waals surface area contributed by atoms with E-state index in [4.69, 9.17) is 0 Å². The summed E-state index contributed by atoms with van der Waals surface area (Å²) in [7, 11) is 0. The lowest BCUT2D eigenvalue weighted by Crippen LogP contribution is -2.42. The van der Waals surface area contributed by atoms with Gasteiger partial charge in [-0.2, -0.15) is 13.2 Å². The molecule has 2 aliphatic rings. The van der Waals surface area contributed by atoms with Crippen LogP contribution >= 0.6 is 0 Å². The van der Waals surface area contributed by atoms with Gasteiger partial charge in [-0.15, -0.1) is 0 Å². The molecule has 2 aromatic rings. The Bertz CT molecular complexity index is 927. The minimum atomic E-state index is -4.48. The van der Waals surface area contributed by atoms with E-state index in [2.05, 4.69) is 21.3 Å². The highest BCUT2D eigenvalue weighted by molar-refractivity contribution is 5.93. The quantitative estimate of drug-likeness (QED) is 0.707. The van der Waals surface area contributed by atoms with Gasteiger partial charge >= 0.3 is 6.18 Å². The number of anilines is 2. The van der Waals surface area contributed by atoms with E-state index in [-0.39, 0.29) is 18.3 Å². The molecule has 1 unspecified atom stereocenters.